The minimum atomic E-state index is -0.113. The average Bonchev–Trinajstić information content (AvgIpc) is 2.38. The molecule has 0 aliphatic heterocycles. The van der Waals surface area contributed by atoms with Crippen molar-refractivity contribution in [3.63, 3.8) is 0 Å². The lowest BCUT2D eigenvalue weighted by molar-refractivity contribution is 1.21. The Morgan fingerprint density at radius 1 is 0.941 bits per heavy atom. The largest absolute Gasteiger partial charge is 0.321 e. The molecule has 0 fully saturated rings. The highest BCUT2D eigenvalue weighted by Crippen LogP contribution is 2.19. The topological polar surface area (TPSA) is 45.8 Å². The van der Waals surface area contributed by atoms with Gasteiger partial charge in [-0.05, 0) is 17.5 Å². The zero-order valence-electron chi connectivity index (χ0n) is 9.05. The molecule has 0 bridgehead atoms. The van der Waals surface area contributed by atoms with E-state index in [1.807, 2.05) is 42.6 Å². The van der Waals surface area contributed by atoms with E-state index in [2.05, 4.69) is 9.97 Å². The van der Waals surface area contributed by atoms with Gasteiger partial charge in [0.1, 0.15) is 0 Å². The average molecular weight is 222 g/mol. The lowest BCUT2D eigenvalue weighted by atomic mass is 10.1. The quantitative estimate of drug-likeness (QED) is 0.687. The maximum Gasteiger partial charge on any atom is 0.248 e. The number of nitrogens with one attached hydrogen (secondary N) is 1. The van der Waals surface area contributed by atoms with E-state index in [4.69, 9.17) is 0 Å². The zero-order valence-corrected chi connectivity index (χ0v) is 9.05. The van der Waals surface area contributed by atoms with Crippen LogP contribution >= 0.6 is 0 Å². The normalized spacial score (nSPS) is 10.6. The Labute approximate surface area is 97.8 Å². The van der Waals surface area contributed by atoms with Crippen LogP contribution in [0.15, 0.2) is 59.5 Å². The van der Waals surface area contributed by atoms with Crippen LogP contribution in [-0.2, 0) is 0 Å². The fraction of sp³-hybridized carbons (Fsp3) is 0. The summed E-state index contributed by atoms with van der Waals surface area (Å²) < 4.78 is 0. The second kappa shape index (κ2) is 3.87. The van der Waals surface area contributed by atoms with Gasteiger partial charge in [0, 0.05) is 17.6 Å². The van der Waals surface area contributed by atoms with Crippen molar-refractivity contribution >= 4 is 10.8 Å². The Morgan fingerprint density at radius 3 is 2.59 bits per heavy atom. The predicted molar refractivity (Wildman–Crippen MR) is 67.8 cm³/mol. The van der Waals surface area contributed by atoms with E-state index in [9.17, 15) is 4.79 Å². The van der Waals surface area contributed by atoms with Crippen LogP contribution in [0.25, 0.3) is 22.2 Å². The van der Waals surface area contributed by atoms with E-state index in [1.54, 1.807) is 6.07 Å². The molecule has 0 aliphatic rings. The number of fused-ring (bicyclic) bond motifs is 1. The van der Waals surface area contributed by atoms with Crippen molar-refractivity contribution in [3.05, 3.63) is 65.1 Å². The third-order valence-electron chi connectivity index (χ3n) is 2.68. The van der Waals surface area contributed by atoms with Gasteiger partial charge in [-0.25, -0.2) is 0 Å². The van der Waals surface area contributed by atoms with Crippen molar-refractivity contribution in [2.75, 3.05) is 0 Å². The molecule has 17 heavy (non-hydrogen) atoms. The molecule has 3 aromatic rings. The highest BCUT2D eigenvalue weighted by molar-refractivity contribution is 5.84. The summed E-state index contributed by atoms with van der Waals surface area (Å²) in [7, 11) is 0. The van der Waals surface area contributed by atoms with Crippen LogP contribution in [-0.4, -0.2) is 9.97 Å². The molecule has 1 N–H and O–H groups in total. The van der Waals surface area contributed by atoms with Crippen molar-refractivity contribution in [2.45, 2.75) is 0 Å². The molecule has 1 aromatic carbocycles. The van der Waals surface area contributed by atoms with E-state index in [-0.39, 0.29) is 5.56 Å². The van der Waals surface area contributed by atoms with Crippen LogP contribution in [0, 0.1) is 0 Å². The van der Waals surface area contributed by atoms with Crippen LogP contribution in [0.1, 0.15) is 0 Å². The third kappa shape index (κ3) is 1.83. The van der Waals surface area contributed by atoms with Crippen LogP contribution in [0.4, 0.5) is 0 Å². The number of hydrogen-bond acceptors (Lipinski definition) is 2. The number of pyridine rings is 2. The van der Waals surface area contributed by atoms with Gasteiger partial charge in [-0.1, -0.05) is 30.3 Å². The van der Waals surface area contributed by atoms with Crippen molar-refractivity contribution in [2.24, 2.45) is 0 Å². The molecule has 3 heteroatoms. The summed E-state index contributed by atoms with van der Waals surface area (Å²) in [5.74, 6) is 0. The van der Waals surface area contributed by atoms with Gasteiger partial charge in [-0.15, -0.1) is 0 Å². The molecule has 3 rings (SSSR count). The molecule has 0 saturated carbocycles. The molecule has 3 nitrogen and oxygen atoms in total. The van der Waals surface area contributed by atoms with Crippen molar-refractivity contribution in [1.82, 2.24) is 9.97 Å². The van der Waals surface area contributed by atoms with Crippen molar-refractivity contribution in [3.8, 4) is 11.4 Å². The van der Waals surface area contributed by atoms with Gasteiger partial charge in [0.15, 0.2) is 0 Å². The van der Waals surface area contributed by atoms with E-state index in [0.717, 1.165) is 22.2 Å². The molecule has 0 radical (unpaired) electrons. The molecule has 2 heterocycles. The van der Waals surface area contributed by atoms with E-state index >= 15 is 0 Å². The predicted octanol–water partition coefficient (Wildman–Crippen LogP) is 2.59. The summed E-state index contributed by atoms with van der Waals surface area (Å²) in [6.45, 7) is 0. The number of hydrogen-bond donors (Lipinski definition) is 1. The second-order valence-corrected chi connectivity index (χ2v) is 3.85. The minimum absolute atomic E-state index is 0.113. The Morgan fingerprint density at radius 2 is 1.76 bits per heavy atom. The molecule has 0 unspecified atom stereocenters. The Hall–Kier alpha value is -2.42. The number of aromatic nitrogens is 2. The number of aromatic amines is 1. The van der Waals surface area contributed by atoms with Gasteiger partial charge in [0.2, 0.25) is 5.56 Å². The molecule has 0 atom stereocenters. The van der Waals surface area contributed by atoms with Crippen LogP contribution in [0.5, 0.6) is 0 Å². The van der Waals surface area contributed by atoms with Gasteiger partial charge in [-0.3, -0.25) is 9.78 Å². The number of H-pyrrole nitrogens is 1. The van der Waals surface area contributed by atoms with Gasteiger partial charge in [-0.2, -0.15) is 0 Å². The number of benzene rings is 1. The fourth-order valence-electron chi connectivity index (χ4n) is 1.83. The summed E-state index contributed by atoms with van der Waals surface area (Å²) in [6, 6.07) is 15.0. The fourth-order valence-corrected chi connectivity index (χ4v) is 1.83. The van der Waals surface area contributed by atoms with Gasteiger partial charge in [0.05, 0.1) is 11.4 Å². The summed E-state index contributed by atoms with van der Waals surface area (Å²) >= 11 is 0. The summed E-state index contributed by atoms with van der Waals surface area (Å²) in [5, 5.41) is 2.21. The smallest absolute Gasteiger partial charge is 0.248 e. The Bertz CT molecular complexity index is 731. The maximum absolute atomic E-state index is 11.2. The molecule has 82 valence electrons. The summed E-state index contributed by atoms with van der Waals surface area (Å²) in [4.78, 5) is 18.4. The standard InChI is InChI=1S/C14H10N2O/c17-14-7-3-6-12(16-14)13-8-10-4-1-2-5-11(10)9-15-13/h1-9H,(H,16,17). The Kier molecular flexibility index (Phi) is 2.22. The molecule has 2 aromatic heterocycles. The summed E-state index contributed by atoms with van der Waals surface area (Å²) in [5.41, 5.74) is 1.40. The SMILES string of the molecule is O=c1cccc(-c2cc3ccccc3cn2)[nH]1. The van der Waals surface area contributed by atoms with Gasteiger partial charge >= 0.3 is 0 Å². The maximum atomic E-state index is 11.2. The Balaban J connectivity index is 2.21. The molecule has 0 saturated heterocycles. The second-order valence-electron chi connectivity index (χ2n) is 3.85. The zero-order chi connectivity index (χ0) is 11.7. The first kappa shape index (κ1) is 9.78. The molecular formula is C14H10N2O. The van der Waals surface area contributed by atoms with Crippen LogP contribution in [0.2, 0.25) is 0 Å². The minimum Gasteiger partial charge on any atom is -0.321 e. The van der Waals surface area contributed by atoms with Gasteiger partial charge < -0.3 is 4.98 Å². The molecular weight excluding hydrogens is 212 g/mol. The van der Waals surface area contributed by atoms with E-state index in [0.29, 0.717) is 0 Å². The molecule has 0 aliphatic carbocycles. The monoisotopic (exact) mass is 222 g/mol. The molecule has 0 spiro atoms. The third-order valence-corrected chi connectivity index (χ3v) is 2.68. The van der Waals surface area contributed by atoms with Crippen LogP contribution < -0.4 is 5.56 Å². The lowest BCUT2D eigenvalue weighted by Crippen LogP contribution is -2.04. The van der Waals surface area contributed by atoms with E-state index < -0.39 is 0 Å². The highest BCUT2D eigenvalue weighted by atomic mass is 16.1. The first-order valence-corrected chi connectivity index (χ1v) is 5.37. The van der Waals surface area contributed by atoms with Crippen molar-refractivity contribution < 1.29 is 0 Å². The van der Waals surface area contributed by atoms with Crippen LogP contribution in [0.3, 0.4) is 0 Å². The number of rotatable bonds is 1. The highest BCUT2D eigenvalue weighted by Gasteiger charge is 2.01. The van der Waals surface area contributed by atoms with E-state index in [1.165, 1.54) is 6.07 Å². The molecule has 0 amide bonds. The lowest BCUT2D eigenvalue weighted by Gasteiger charge is -2.02. The first-order valence-electron chi connectivity index (χ1n) is 5.37. The van der Waals surface area contributed by atoms with Crippen molar-refractivity contribution in [1.29, 1.82) is 0 Å². The van der Waals surface area contributed by atoms with Gasteiger partial charge in [0.25, 0.3) is 0 Å². The first-order chi connectivity index (χ1) is 8.33. The summed E-state index contributed by atoms with van der Waals surface area (Å²) in [6.07, 6.45) is 1.82. The number of nitrogens with zero attached hydrogens (tertiary/aromatic N) is 1.